The van der Waals surface area contributed by atoms with Gasteiger partial charge in [-0.2, -0.15) is 0 Å². The Morgan fingerprint density at radius 1 is 0.292 bits per heavy atom. The van der Waals surface area contributed by atoms with Gasteiger partial charge in [-0.15, -0.1) is 0 Å². The van der Waals surface area contributed by atoms with Crippen molar-refractivity contribution in [3.05, 3.63) is 359 Å². The van der Waals surface area contributed by atoms with Crippen molar-refractivity contribution in [3.63, 3.8) is 0 Å². The number of nitrogens with zero attached hydrogens (tertiary/aromatic N) is 4. The van der Waals surface area contributed by atoms with Gasteiger partial charge < -0.3 is 19.3 Å². The SMILES string of the molecule is [2H]c1c([2H])c([2H])c2c(c1[2H])c1c([2H])c([2H])c([2H])c([2H])c1n2-c1ccc2c(c1)N(c1c(-c3ccccc3)cc(C(C)(C)C)cc1-c1ccccc1)c1cc(C3c4ccccc4Cc4ccccc43)cc3c1N2c1ccc(-c2cc(C(C)(C)C)cc(C(C)(C)C)c2)cc1N3c1c(-c2ccccc2)cc(C(C)(C)C)cc1-c1ccccc1. The molecule has 0 bridgehead atoms. The maximum atomic E-state index is 9.96. The second kappa shape index (κ2) is 25.0. The van der Waals surface area contributed by atoms with E-state index in [0.717, 1.165) is 119 Å². The predicted molar refractivity (Wildman–Crippen MR) is 451 cm³/mol. The zero-order valence-corrected chi connectivity index (χ0v) is 62.4. The van der Waals surface area contributed by atoms with E-state index in [9.17, 15) is 8.22 Å². The van der Waals surface area contributed by atoms with E-state index in [-0.39, 0.29) is 61.5 Å². The zero-order valence-electron chi connectivity index (χ0n) is 70.4. The summed E-state index contributed by atoms with van der Waals surface area (Å²) in [7, 11) is 0. The Labute approximate surface area is 637 Å². The van der Waals surface area contributed by atoms with E-state index < -0.39 is 36.3 Å². The van der Waals surface area contributed by atoms with Crippen LogP contribution in [0, 0.1) is 0 Å². The fraction of sp³-hybridized carbons (Fsp3) is 0.176. The normalized spacial score (nSPS) is 14.6. The topological polar surface area (TPSA) is 14.7 Å². The van der Waals surface area contributed by atoms with Gasteiger partial charge in [0, 0.05) is 44.6 Å². The molecule has 0 atom stereocenters. The first-order chi connectivity index (χ1) is 54.4. The largest absolute Gasteiger partial charge is 0.309 e. The third-order valence-electron chi connectivity index (χ3n) is 22.2. The molecule has 18 rings (SSSR count). The highest BCUT2D eigenvalue weighted by molar-refractivity contribution is 6.18. The van der Waals surface area contributed by atoms with Crippen LogP contribution < -0.4 is 14.7 Å². The van der Waals surface area contributed by atoms with Gasteiger partial charge in [-0.25, -0.2) is 0 Å². The lowest BCUT2D eigenvalue weighted by Crippen LogP contribution is -2.32. The fourth-order valence-electron chi connectivity index (χ4n) is 16.6. The Morgan fingerprint density at radius 2 is 0.651 bits per heavy atom. The third-order valence-corrected chi connectivity index (χ3v) is 22.2. The van der Waals surface area contributed by atoms with Crippen molar-refractivity contribution in [2.75, 3.05) is 14.7 Å². The third kappa shape index (κ3) is 11.2. The first-order valence-corrected chi connectivity index (χ1v) is 37.2. The Morgan fingerprint density at radius 3 is 1.07 bits per heavy atom. The molecule has 4 heteroatoms. The van der Waals surface area contributed by atoms with Gasteiger partial charge in [-0.3, -0.25) is 0 Å². The van der Waals surface area contributed by atoms with Crippen molar-refractivity contribution in [1.82, 2.24) is 4.57 Å². The van der Waals surface area contributed by atoms with Crippen molar-refractivity contribution < 1.29 is 11.0 Å². The molecule has 4 nitrogen and oxygen atoms in total. The number of aromatic nitrogens is 1. The van der Waals surface area contributed by atoms with E-state index in [4.69, 9.17) is 2.74 Å². The summed E-state index contributed by atoms with van der Waals surface area (Å²) >= 11 is 0. The predicted octanol–water partition coefficient (Wildman–Crippen LogP) is 28.4. The van der Waals surface area contributed by atoms with Crippen LogP contribution in [0.1, 0.15) is 150 Å². The molecule has 0 spiro atoms. The summed E-state index contributed by atoms with van der Waals surface area (Å²) in [6.07, 6.45) is 0.760. The van der Waals surface area contributed by atoms with Gasteiger partial charge in [-0.1, -0.05) is 313 Å². The molecular formula is C102H90N4. The van der Waals surface area contributed by atoms with E-state index in [0.29, 0.717) is 11.4 Å². The highest BCUT2D eigenvalue weighted by atomic mass is 15.3. The molecule has 0 unspecified atom stereocenters. The molecule has 14 aromatic carbocycles. The molecule has 15 aromatic rings. The molecule has 0 amide bonds. The molecular weight excluding hydrogens is 1280 g/mol. The van der Waals surface area contributed by atoms with Crippen LogP contribution in [0.2, 0.25) is 0 Å². The molecule has 1 aromatic heterocycles. The fourth-order valence-corrected chi connectivity index (χ4v) is 16.6. The van der Waals surface area contributed by atoms with Crippen LogP contribution in [0.15, 0.2) is 309 Å². The van der Waals surface area contributed by atoms with Crippen molar-refractivity contribution in [3.8, 4) is 61.3 Å². The van der Waals surface area contributed by atoms with E-state index in [1.54, 1.807) is 4.57 Å². The minimum atomic E-state index is -0.503. The number of benzene rings is 14. The van der Waals surface area contributed by atoms with Gasteiger partial charge in [0.2, 0.25) is 0 Å². The number of anilines is 9. The summed E-state index contributed by atoms with van der Waals surface area (Å²) in [5.41, 5.74) is 28.2. The molecule has 0 fully saturated rings. The summed E-state index contributed by atoms with van der Waals surface area (Å²) in [4.78, 5) is 7.54. The van der Waals surface area contributed by atoms with Crippen LogP contribution in [0.3, 0.4) is 0 Å². The lowest BCUT2D eigenvalue weighted by Gasteiger charge is -2.49. The van der Waals surface area contributed by atoms with E-state index >= 15 is 0 Å². The molecule has 106 heavy (non-hydrogen) atoms. The van der Waals surface area contributed by atoms with Crippen LogP contribution in [-0.4, -0.2) is 4.57 Å². The second-order valence-electron chi connectivity index (χ2n) is 33.2. The Hall–Kier alpha value is -11.7. The van der Waals surface area contributed by atoms with Crippen molar-refractivity contribution in [1.29, 1.82) is 0 Å². The van der Waals surface area contributed by atoms with E-state index in [1.807, 2.05) is 6.07 Å². The molecule has 0 saturated heterocycles. The van der Waals surface area contributed by atoms with Crippen LogP contribution in [-0.2, 0) is 28.1 Å². The summed E-state index contributed by atoms with van der Waals surface area (Å²) in [6, 6.07) is 92.4. The number of fused-ring (bicyclic) bond motifs is 9. The summed E-state index contributed by atoms with van der Waals surface area (Å²) in [6.45, 7) is 27.5. The van der Waals surface area contributed by atoms with Gasteiger partial charge in [0.25, 0.3) is 0 Å². The summed E-state index contributed by atoms with van der Waals surface area (Å²) in [5.74, 6) is -0.305. The maximum absolute atomic E-state index is 9.96. The minimum absolute atomic E-state index is 0.00420. The Balaban J connectivity index is 1.08. The lowest BCUT2D eigenvalue weighted by molar-refractivity contribution is 0.569. The van der Waals surface area contributed by atoms with Crippen LogP contribution in [0.4, 0.5) is 51.2 Å². The highest BCUT2D eigenvalue weighted by Gasteiger charge is 2.45. The monoisotopic (exact) mass is 1380 g/mol. The minimum Gasteiger partial charge on any atom is -0.309 e. The molecule has 2 aliphatic heterocycles. The number of hydrogen-bond acceptors (Lipinski definition) is 3. The van der Waals surface area contributed by atoms with Crippen molar-refractivity contribution in [2.45, 2.75) is 117 Å². The lowest BCUT2D eigenvalue weighted by atomic mass is 9.74. The molecule has 1 aliphatic carbocycles. The quantitative estimate of drug-likeness (QED) is 0.143. The van der Waals surface area contributed by atoms with Gasteiger partial charge in [0.1, 0.15) is 0 Å². The van der Waals surface area contributed by atoms with Gasteiger partial charge in [-0.05, 0) is 190 Å². The average Bonchev–Trinajstić information content (AvgIpc) is 0.874. The van der Waals surface area contributed by atoms with E-state index in [1.165, 1.54) is 38.9 Å². The molecule has 3 heterocycles. The average molecular weight is 1380 g/mol. The Kier molecular flexibility index (Phi) is 13.6. The van der Waals surface area contributed by atoms with Crippen LogP contribution >= 0.6 is 0 Å². The number of hydrogen-bond donors (Lipinski definition) is 0. The highest BCUT2D eigenvalue weighted by Crippen LogP contribution is 2.68. The molecule has 0 saturated carbocycles. The Bertz CT molecular complexity index is 6200. The summed E-state index contributed by atoms with van der Waals surface area (Å²) in [5, 5.41) is 0.00840. The molecule has 0 N–H and O–H groups in total. The van der Waals surface area contributed by atoms with Gasteiger partial charge >= 0.3 is 0 Å². The molecule has 0 radical (unpaired) electrons. The smallest absolute Gasteiger partial charge is 0.0948 e. The van der Waals surface area contributed by atoms with Gasteiger partial charge in [0.05, 0.1) is 73.2 Å². The number of para-hydroxylation sites is 2. The van der Waals surface area contributed by atoms with E-state index in [2.05, 4.69) is 353 Å². The second-order valence-corrected chi connectivity index (χ2v) is 33.2. The molecule has 518 valence electrons. The zero-order chi connectivity index (χ0) is 79.7. The molecule has 3 aliphatic rings. The first kappa shape index (κ1) is 57.7. The van der Waals surface area contributed by atoms with Crippen LogP contribution in [0.5, 0.6) is 0 Å². The van der Waals surface area contributed by atoms with Gasteiger partial charge in [0.15, 0.2) is 0 Å². The van der Waals surface area contributed by atoms with Crippen molar-refractivity contribution in [2.24, 2.45) is 0 Å². The van der Waals surface area contributed by atoms with Crippen molar-refractivity contribution >= 4 is 73.0 Å². The number of rotatable bonds is 9. The standard InChI is InChI=1S/C102H90N4/c1-99(2,3)74-54-72(55-75(59-74)100(4,5)6)69-49-51-89-91(56-69)105(96-83(65-33-17-13-18-34-65)60-76(101(7,8)9)61-84(96)66-35-19-14-20-36-66)93-57-73(95-79-43-27-25-41-70(79)53-71-42-26-28-44-80(71)95)58-94-98(93)104(89)90-52-50-78(103-87-47-31-29-45-81(87)82-46-30-32-48-88(82)103)64-92(90)106(94)97-85(67-37-21-15-22-38-67)62-77(102(10,11)12)63-86(97)68-39-23-16-24-40-68/h13-52,54-64,95H,53H2,1-12H3/i29D,30D,31D,32D,45D,46D,47D,48D. The maximum Gasteiger partial charge on any atom is 0.0948 e. The van der Waals surface area contributed by atoms with Crippen LogP contribution in [0.25, 0.3) is 83.1 Å². The first-order valence-electron chi connectivity index (χ1n) is 41.2. The summed E-state index contributed by atoms with van der Waals surface area (Å²) < 4.78 is 78.0.